The highest BCUT2D eigenvalue weighted by atomic mass is 28.3. The maximum absolute atomic E-state index is 9.10. The van der Waals surface area contributed by atoms with Crippen molar-refractivity contribution >= 4 is 8.07 Å². The van der Waals surface area contributed by atoms with E-state index in [0.29, 0.717) is 0 Å². The summed E-state index contributed by atoms with van der Waals surface area (Å²) in [6, 6.07) is 12.5. The Morgan fingerprint density at radius 3 is 2.08 bits per heavy atom. The quantitative estimate of drug-likeness (QED) is 0.656. The number of hydrogen-bond acceptors (Lipinski definition) is 1. The van der Waals surface area contributed by atoms with E-state index in [9.17, 15) is 0 Å². The van der Waals surface area contributed by atoms with E-state index in [1.54, 1.807) is 0 Å². The first-order valence-corrected chi connectivity index (χ1v) is 8.08. The maximum Gasteiger partial charge on any atom is 0.0696 e. The molecule has 1 nitrogen and oxygen atoms in total. The molecule has 0 spiro atoms. The van der Waals surface area contributed by atoms with Crippen molar-refractivity contribution in [2.45, 2.75) is 25.2 Å². The van der Waals surface area contributed by atoms with Crippen LogP contribution in [0, 0.1) is 11.3 Å². The zero-order chi connectivity index (χ0) is 9.90. The molecule has 0 saturated carbocycles. The van der Waals surface area contributed by atoms with Gasteiger partial charge in [0.25, 0.3) is 0 Å². The summed E-state index contributed by atoms with van der Waals surface area (Å²) in [4.78, 5) is 0. The summed E-state index contributed by atoms with van der Waals surface area (Å²) in [5, 5.41) is 9.10. The van der Waals surface area contributed by atoms with Crippen LogP contribution in [0.4, 0.5) is 0 Å². The average molecular weight is 189 g/mol. The highest BCUT2D eigenvalue weighted by Gasteiger charge is 2.27. The van der Waals surface area contributed by atoms with Crippen LogP contribution in [0.15, 0.2) is 30.3 Å². The van der Waals surface area contributed by atoms with Gasteiger partial charge in [-0.15, -0.1) is 0 Å². The minimum atomic E-state index is -1.39. The summed E-state index contributed by atoms with van der Waals surface area (Å²) in [7, 11) is -1.39. The Labute approximate surface area is 81.0 Å². The Morgan fingerprint density at radius 1 is 1.15 bits per heavy atom. The molecule has 0 amide bonds. The van der Waals surface area contributed by atoms with E-state index < -0.39 is 8.07 Å². The summed E-state index contributed by atoms with van der Waals surface area (Å²) in [5.41, 5.74) is 1.29. The number of benzene rings is 1. The van der Waals surface area contributed by atoms with Crippen LogP contribution in [0.3, 0.4) is 0 Å². The summed E-state index contributed by atoms with van der Waals surface area (Å²) in [5.74, 6) is 0. The van der Waals surface area contributed by atoms with Gasteiger partial charge in [0.2, 0.25) is 0 Å². The Hall–Kier alpha value is -1.07. The van der Waals surface area contributed by atoms with Crippen molar-refractivity contribution in [3.63, 3.8) is 0 Å². The minimum Gasteiger partial charge on any atom is -0.198 e. The largest absolute Gasteiger partial charge is 0.198 e. The van der Waals surface area contributed by atoms with Crippen molar-refractivity contribution in [1.82, 2.24) is 0 Å². The van der Waals surface area contributed by atoms with E-state index in [1.807, 2.05) is 30.3 Å². The van der Waals surface area contributed by atoms with E-state index in [2.05, 4.69) is 25.7 Å². The fraction of sp³-hybridized carbons (Fsp3) is 0.364. The normalized spacial score (nSPS) is 13.4. The molecule has 0 heterocycles. The Kier molecular flexibility index (Phi) is 2.89. The van der Waals surface area contributed by atoms with Crippen molar-refractivity contribution in [3.8, 4) is 6.07 Å². The van der Waals surface area contributed by atoms with Crippen molar-refractivity contribution in [2.75, 3.05) is 0 Å². The highest BCUT2D eigenvalue weighted by Crippen LogP contribution is 2.25. The van der Waals surface area contributed by atoms with Gasteiger partial charge in [-0.25, -0.2) is 0 Å². The molecule has 1 rings (SSSR count). The van der Waals surface area contributed by atoms with Crippen molar-refractivity contribution in [1.29, 1.82) is 5.26 Å². The third-order valence-corrected chi connectivity index (χ3v) is 4.32. The molecule has 0 N–H and O–H groups in total. The Morgan fingerprint density at radius 2 is 1.69 bits per heavy atom. The smallest absolute Gasteiger partial charge is 0.0696 e. The molecule has 0 aliphatic carbocycles. The standard InChI is InChI=1S/C11H15NSi/c1-13(2,3)11(9-12)10-7-5-4-6-8-10/h4-8,11H,1-3H3. The molecule has 1 atom stereocenters. The Balaban J connectivity index is 3.01. The van der Waals surface area contributed by atoms with E-state index in [4.69, 9.17) is 5.26 Å². The first kappa shape index (κ1) is 10.0. The van der Waals surface area contributed by atoms with E-state index in [-0.39, 0.29) is 5.54 Å². The lowest BCUT2D eigenvalue weighted by Gasteiger charge is -2.22. The SMILES string of the molecule is C[Si](C)(C)C(C#N)c1ccccc1. The van der Waals surface area contributed by atoms with Gasteiger partial charge in [-0.1, -0.05) is 50.0 Å². The molecule has 13 heavy (non-hydrogen) atoms. The van der Waals surface area contributed by atoms with Crippen molar-refractivity contribution in [3.05, 3.63) is 35.9 Å². The average Bonchev–Trinajstić information content (AvgIpc) is 2.05. The van der Waals surface area contributed by atoms with Crippen LogP contribution in [-0.2, 0) is 0 Å². The lowest BCUT2D eigenvalue weighted by Crippen LogP contribution is -2.29. The summed E-state index contributed by atoms with van der Waals surface area (Å²) in [6.07, 6.45) is 0. The third-order valence-electron chi connectivity index (χ3n) is 2.13. The molecule has 0 radical (unpaired) electrons. The van der Waals surface area contributed by atoms with Crippen LogP contribution in [0.25, 0.3) is 0 Å². The fourth-order valence-corrected chi connectivity index (χ4v) is 2.99. The third kappa shape index (κ3) is 2.43. The van der Waals surface area contributed by atoms with Gasteiger partial charge in [-0.2, -0.15) is 5.26 Å². The van der Waals surface area contributed by atoms with E-state index in [0.717, 1.165) is 0 Å². The van der Waals surface area contributed by atoms with Gasteiger partial charge in [0.1, 0.15) is 0 Å². The summed E-state index contributed by atoms with van der Waals surface area (Å²) < 4.78 is 0. The van der Waals surface area contributed by atoms with Crippen LogP contribution in [0.2, 0.25) is 19.6 Å². The van der Waals surface area contributed by atoms with Gasteiger partial charge in [0.05, 0.1) is 19.7 Å². The predicted octanol–water partition coefficient (Wildman–Crippen LogP) is 3.17. The van der Waals surface area contributed by atoms with Gasteiger partial charge < -0.3 is 0 Å². The molecular weight excluding hydrogens is 174 g/mol. The highest BCUT2D eigenvalue weighted by molar-refractivity contribution is 6.78. The minimum absolute atomic E-state index is 0.119. The number of nitriles is 1. The second-order valence-corrected chi connectivity index (χ2v) is 9.65. The molecule has 0 aromatic heterocycles. The van der Waals surface area contributed by atoms with Crippen LogP contribution in [-0.4, -0.2) is 8.07 Å². The number of rotatable bonds is 2. The van der Waals surface area contributed by atoms with Gasteiger partial charge in [-0.3, -0.25) is 0 Å². The van der Waals surface area contributed by atoms with Crippen LogP contribution < -0.4 is 0 Å². The molecule has 0 aliphatic heterocycles. The molecular formula is C11H15NSi. The molecule has 0 bridgehead atoms. The monoisotopic (exact) mass is 189 g/mol. The summed E-state index contributed by atoms with van der Waals surface area (Å²) in [6.45, 7) is 6.69. The lowest BCUT2D eigenvalue weighted by atomic mass is 10.2. The van der Waals surface area contributed by atoms with Crippen molar-refractivity contribution < 1.29 is 0 Å². The van der Waals surface area contributed by atoms with Gasteiger partial charge in [0.15, 0.2) is 0 Å². The van der Waals surface area contributed by atoms with Gasteiger partial charge in [-0.05, 0) is 5.56 Å². The van der Waals surface area contributed by atoms with E-state index in [1.165, 1.54) is 5.56 Å². The summed E-state index contributed by atoms with van der Waals surface area (Å²) >= 11 is 0. The fourth-order valence-electron chi connectivity index (χ4n) is 1.41. The van der Waals surface area contributed by atoms with Gasteiger partial charge >= 0.3 is 0 Å². The molecule has 1 aromatic carbocycles. The second-order valence-electron chi connectivity index (χ2n) is 4.34. The maximum atomic E-state index is 9.10. The molecule has 1 aromatic rings. The van der Waals surface area contributed by atoms with Crippen LogP contribution in [0.5, 0.6) is 0 Å². The first-order valence-electron chi connectivity index (χ1n) is 4.50. The lowest BCUT2D eigenvalue weighted by molar-refractivity contribution is 1.14. The molecule has 0 fully saturated rings. The second kappa shape index (κ2) is 3.76. The molecule has 2 heteroatoms. The molecule has 1 unspecified atom stereocenters. The predicted molar refractivity (Wildman–Crippen MR) is 58.1 cm³/mol. The Bertz CT molecular complexity index is 305. The zero-order valence-electron chi connectivity index (χ0n) is 8.41. The number of nitrogens with zero attached hydrogens (tertiary/aromatic N) is 1. The zero-order valence-corrected chi connectivity index (χ0v) is 9.41. The van der Waals surface area contributed by atoms with E-state index >= 15 is 0 Å². The molecule has 0 aliphatic rings. The topological polar surface area (TPSA) is 23.8 Å². The van der Waals surface area contributed by atoms with Gasteiger partial charge in [0, 0.05) is 0 Å². The van der Waals surface area contributed by atoms with Crippen LogP contribution in [0.1, 0.15) is 11.1 Å². The van der Waals surface area contributed by atoms with Crippen LogP contribution >= 0.6 is 0 Å². The van der Waals surface area contributed by atoms with Crippen molar-refractivity contribution in [2.24, 2.45) is 0 Å². The first-order chi connectivity index (χ1) is 6.05. The molecule has 0 saturated heterocycles. The molecule has 68 valence electrons. The number of hydrogen-bond donors (Lipinski definition) is 0.